The molecule has 7 heteroatoms. The van der Waals surface area contributed by atoms with Crippen LogP contribution in [0.3, 0.4) is 0 Å². The van der Waals surface area contributed by atoms with Gasteiger partial charge in [-0.1, -0.05) is 17.7 Å². The van der Waals surface area contributed by atoms with E-state index < -0.39 is 13.2 Å². The van der Waals surface area contributed by atoms with E-state index in [-0.39, 0.29) is 15.7 Å². The maximum atomic E-state index is 14.8. The fourth-order valence-corrected chi connectivity index (χ4v) is 5.73. The number of nitriles is 1. The van der Waals surface area contributed by atoms with Gasteiger partial charge in [0.1, 0.15) is 0 Å². The summed E-state index contributed by atoms with van der Waals surface area (Å²) in [5.41, 5.74) is 2.60. The molecule has 0 aliphatic carbocycles. The molecule has 3 rings (SSSR count). The largest absolute Gasteiger partial charge is 0.358 e. The average Bonchev–Trinajstić information content (AvgIpc) is 2.99. The SMILES string of the molecule is COP(=O)(c1cc(C)cc(/C=C/C#N)c1)c1c(C)[nH]c2ccc(Cl)c(F)c12. The van der Waals surface area contributed by atoms with Crippen LogP contribution in [0.5, 0.6) is 0 Å². The van der Waals surface area contributed by atoms with Crippen LogP contribution >= 0.6 is 19.0 Å². The second-order valence-corrected chi connectivity index (χ2v) is 9.02. The number of hydrogen-bond acceptors (Lipinski definition) is 3. The minimum atomic E-state index is -3.62. The van der Waals surface area contributed by atoms with Gasteiger partial charge in [-0.3, -0.25) is 4.57 Å². The highest BCUT2D eigenvalue weighted by Gasteiger charge is 2.34. The Hall–Kier alpha value is -2.38. The van der Waals surface area contributed by atoms with Crippen molar-refractivity contribution < 1.29 is 13.5 Å². The number of hydrogen-bond donors (Lipinski definition) is 1. The Labute approximate surface area is 161 Å². The second-order valence-electron chi connectivity index (χ2n) is 6.18. The fraction of sp³-hybridized carbons (Fsp3) is 0.150. The molecule has 138 valence electrons. The van der Waals surface area contributed by atoms with Crippen LogP contribution in [-0.2, 0) is 9.09 Å². The van der Waals surface area contributed by atoms with E-state index in [0.29, 0.717) is 22.1 Å². The Bertz CT molecular complexity index is 1160. The lowest BCUT2D eigenvalue weighted by atomic mass is 10.1. The van der Waals surface area contributed by atoms with Crippen LogP contribution in [0, 0.1) is 31.0 Å². The molecule has 1 aromatic heterocycles. The first-order valence-corrected chi connectivity index (χ1v) is 10.1. The smallest absolute Gasteiger partial charge is 0.263 e. The van der Waals surface area contributed by atoms with Crippen molar-refractivity contribution in [3.63, 3.8) is 0 Å². The van der Waals surface area contributed by atoms with Crippen molar-refractivity contribution in [2.45, 2.75) is 13.8 Å². The van der Waals surface area contributed by atoms with E-state index in [0.717, 1.165) is 5.56 Å². The Balaban J connectivity index is 2.34. The lowest BCUT2D eigenvalue weighted by Crippen LogP contribution is -2.20. The first kappa shape index (κ1) is 19.4. The van der Waals surface area contributed by atoms with Crippen LogP contribution in [0.25, 0.3) is 17.0 Å². The Morgan fingerprint density at radius 1 is 1.30 bits per heavy atom. The van der Waals surface area contributed by atoms with Crippen LogP contribution in [0.15, 0.2) is 36.4 Å². The third-order valence-electron chi connectivity index (χ3n) is 4.34. The van der Waals surface area contributed by atoms with Crippen LogP contribution in [0.2, 0.25) is 5.02 Å². The summed E-state index contributed by atoms with van der Waals surface area (Å²) in [5, 5.41) is 9.56. The van der Waals surface area contributed by atoms with Crippen molar-refractivity contribution in [1.29, 1.82) is 5.26 Å². The lowest BCUT2D eigenvalue weighted by Gasteiger charge is -2.19. The lowest BCUT2D eigenvalue weighted by molar-refractivity contribution is 0.412. The first-order valence-electron chi connectivity index (χ1n) is 8.13. The van der Waals surface area contributed by atoms with Crippen LogP contribution in [0.4, 0.5) is 4.39 Å². The molecule has 1 N–H and O–H groups in total. The van der Waals surface area contributed by atoms with Gasteiger partial charge in [-0.05, 0) is 55.3 Å². The number of nitrogens with one attached hydrogen (secondary N) is 1. The van der Waals surface area contributed by atoms with Crippen molar-refractivity contribution >= 4 is 46.6 Å². The van der Waals surface area contributed by atoms with E-state index in [1.54, 1.807) is 31.2 Å². The molecule has 3 aromatic rings. The highest BCUT2D eigenvalue weighted by Crippen LogP contribution is 2.48. The summed E-state index contributed by atoms with van der Waals surface area (Å²) in [6.45, 7) is 3.58. The average molecular weight is 403 g/mol. The quantitative estimate of drug-likeness (QED) is 0.494. The van der Waals surface area contributed by atoms with E-state index in [1.807, 2.05) is 19.1 Å². The number of allylic oxidation sites excluding steroid dienone is 1. The number of aromatic amines is 1. The molecule has 0 aliphatic heterocycles. The highest BCUT2D eigenvalue weighted by molar-refractivity contribution is 7.74. The number of aryl methyl sites for hydroxylation is 2. The third kappa shape index (κ3) is 3.33. The molecule has 1 atom stereocenters. The van der Waals surface area contributed by atoms with E-state index >= 15 is 0 Å². The van der Waals surface area contributed by atoms with Gasteiger partial charge in [0.15, 0.2) is 5.82 Å². The molecule has 0 saturated carbocycles. The monoisotopic (exact) mass is 402 g/mol. The van der Waals surface area contributed by atoms with Gasteiger partial charge >= 0.3 is 0 Å². The molecule has 0 radical (unpaired) electrons. The summed E-state index contributed by atoms with van der Waals surface area (Å²) in [7, 11) is -2.28. The molecule has 1 unspecified atom stereocenters. The Morgan fingerprint density at radius 3 is 2.70 bits per heavy atom. The van der Waals surface area contributed by atoms with E-state index in [2.05, 4.69) is 4.98 Å². The molecule has 0 amide bonds. The van der Waals surface area contributed by atoms with E-state index in [4.69, 9.17) is 21.4 Å². The van der Waals surface area contributed by atoms with Crippen LogP contribution in [0.1, 0.15) is 16.8 Å². The van der Waals surface area contributed by atoms with Gasteiger partial charge in [-0.15, -0.1) is 0 Å². The van der Waals surface area contributed by atoms with E-state index in [9.17, 15) is 8.96 Å². The number of halogens is 2. The normalized spacial score (nSPS) is 13.8. The summed E-state index contributed by atoms with van der Waals surface area (Å²) in [5.74, 6) is -0.636. The number of nitrogens with zero attached hydrogens (tertiary/aromatic N) is 1. The van der Waals surface area contributed by atoms with Crippen molar-refractivity contribution in [2.24, 2.45) is 0 Å². The second kappa shape index (κ2) is 7.32. The highest BCUT2D eigenvalue weighted by atomic mass is 35.5. The zero-order valence-corrected chi connectivity index (χ0v) is 16.7. The Morgan fingerprint density at radius 2 is 2.04 bits per heavy atom. The van der Waals surface area contributed by atoms with Gasteiger partial charge in [0.2, 0.25) is 0 Å². The van der Waals surface area contributed by atoms with Crippen LogP contribution < -0.4 is 10.6 Å². The summed E-state index contributed by atoms with van der Waals surface area (Å²) in [6.07, 6.45) is 2.96. The van der Waals surface area contributed by atoms with Gasteiger partial charge in [-0.2, -0.15) is 5.26 Å². The molecule has 0 fully saturated rings. The molecule has 0 spiro atoms. The maximum Gasteiger partial charge on any atom is 0.263 e. The summed E-state index contributed by atoms with van der Waals surface area (Å²) in [6, 6.07) is 10.3. The number of benzene rings is 2. The zero-order valence-electron chi connectivity index (χ0n) is 15.0. The van der Waals surface area contributed by atoms with Crippen molar-refractivity contribution in [3.05, 3.63) is 64.1 Å². The van der Waals surface area contributed by atoms with Gasteiger partial charge in [-0.25, -0.2) is 4.39 Å². The van der Waals surface area contributed by atoms with Crippen molar-refractivity contribution in [3.8, 4) is 6.07 Å². The van der Waals surface area contributed by atoms with E-state index in [1.165, 1.54) is 19.3 Å². The molecular formula is C20H17ClFN2O2P. The molecular weight excluding hydrogens is 386 g/mol. The summed E-state index contributed by atoms with van der Waals surface area (Å²) in [4.78, 5) is 3.06. The van der Waals surface area contributed by atoms with Crippen molar-refractivity contribution in [2.75, 3.05) is 7.11 Å². The summed E-state index contributed by atoms with van der Waals surface area (Å²) < 4.78 is 34.3. The standard InChI is InChI=1S/C20H17ClFN2O2P/c1-12-9-14(5-4-8-23)11-15(10-12)27(25,26-3)20-13(2)24-17-7-6-16(21)19(22)18(17)20/h4-7,9-11,24H,1-3H3/b5-4+. The van der Waals surface area contributed by atoms with Gasteiger partial charge in [0, 0.05) is 29.7 Å². The molecule has 0 bridgehead atoms. The molecule has 4 nitrogen and oxygen atoms in total. The fourth-order valence-electron chi connectivity index (χ4n) is 3.22. The molecule has 0 saturated heterocycles. The maximum absolute atomic E-state index is 14.8. The van der Waals surface area contributed by atoms with Gasteiger partial charge in [0.05, 0.1) is 21.8 Å². The van der Waals surface area contributed by atoms with Crippen LogP contribution in [-0.4, -0.2) is 12.1 Å². The number of H-pyrrole nitrogens is 1. The number of aromatic nitrogens is 1. The predicted molar refractivity (Wildman–Crippen MR) is 108 cm³/mol. The van der Waals surface area contributed by atoms with Gasteiger partial charge in [0.25, 0.3) is 7.37 Å². The predicted octanol–water partition coefficient (Wildman–Crippen LogP) is 4.99. The third-order valence-corrected chi connectivity index (χ3v) is 7.23. The first-order chi connectivity index (χ1) is 12.8. The minimum Gasteiger partial charge on any atom is -0.358 e. The molecule has 27 heavy (non-hydrogen) atoms. The molecule has 2 aromatic carbocycles. The molecule has 0 aliphatic rings. The minimum absolute atomic E-state index is 0.0488. The topological polar surface area (TPSA) is 65.9 Å². The van der Waals surface area contributed by atoms with Gasteiger partial charge < -0.3 is 9.51 Å². The number of fused-ring (bicyclic) bond motifs is 1. The Kier molecular flexibility index (Phi) is 5.26. The zero-order chi connectivity index (χ0) is 19.8. The number of rotatable bonds is 4. The summed E-state index contributed by atoms with van der Waals surface area (Å²) >= 11 is 5.96. The van der Waals surface area contributed by atoms with Crippen molar-refractivity contribution in [1.82, 2.24) is 4.98 Å². The molecule has 1 heterocycles.